The first-order valence-electron chi connectivity index (χ1n) is 4.99. The first-order valence-corrected chi connectivity index (χ1v) is 5.37. The molecule has 0 atom stereocenters. The number of nitrogens with zero attached hydrogens (tertiary/aromatic N) is 3. The Bertz CT molecular complexity index is 564. The van der Waals surface area contributed by atoms with Crippen LogP contribution in [-0.2, 0) is 7.05 Å². The summed E-state index contributed by atoms with van der Waals surface area (Å²) in [7, 11) is 1.70. The Morgan fingerprint density at radius 2 is 2.29 bits per heavy atom. The Morgan fingerprint density at radius 1 is 1.53 bits per heavy atom. The van der Waals surface area contributed by atoms with Crippen molar-refractivity contribution in [2.45, 2.75) is 6.92 Å². The summed E-state index contributed by atoms with van der Waals surface area (Å²) >= 11 is 5.87. The molecule has 0 radical (unpaired) electrons. The number of aryl methyl sites for hydroxylation is 2. The van der Waals surface area contributed by atoms with E-state index in [1.165, 1.54) is 4.68 Å². The van der Waals surface area contributed by atoms with Gasteiger partial charge >= 0.3 is 0 Å². The predicted molar refractivity (Wildman–Crippen MR) is 65.1 cm³/mol. The molecule has 5 nitrogen and oxygen atoms in total. The Labute approximate surface area is 103 Å². The van der Waals surface area contributed by atoms with Crippen molar-refractivity contribution in [3.8, 4) is 0 Å². The third-order valence-corrected chi connectivity index (χ3v) is 2.43. The maximum atomic E-state index is 11.8. The summed E-state index contributed by atoms with van der Waals surface area (Å²) in [5.41, 5.74) is 1.21. The zero-order valence-corrected chi connectivity index (χ0v) is 10.2. The fraction of sp³-hybridized carbons (Fsp3) is 0.182. The number of rotatable bonds is 2. The lowest BCUT2D eigenvalue weighted by Crippen LogP contribution is -2.14. The van der Waals surface area contributed by atoms with E-state index in [1.54, 1.807) is 25.5 Å². The highest BCUT2D eigenvalue weighted by molar-refractivity contribution is 6.34. The number of anilines is 1. The van der Waals surface area contributed by atoms with Gasteiger partial charge in [-0.25, -0.2) is 4.98 Å². The topological polar surface area (TPSA) is 59.8 Å². The first kappa shape index (κ1) is 11.6. The number of carbonyl (C=O) groups is 1. The van der Waals surface area contributed by atoms with Crippen LogP contribution in [0.4, 0.5) is 5.82 Å². The molecule has 2 heterocycles. The van der Waals surface area contributed by atoms with Gasteiger partial charge < -0.3 is 5.32 Å². The van der Waals surface area contributed by atoms with Crippen molar-refractivity contribution in [2.24, 2.45) is 7.05 Å². The quantitative estimate of drug-likeness (QED) is 0.887. The first-order chi connectivity index (χ1) is 8.06. The molecule has 0 aliphatic rings. The number of aromatic nitrogens is 3. The van der Waals surface area contributed by atoms with E-state index in [-0.39, 0.29) is 11.6 Å². The van der Waals surface area contributed by atoms with Crippen LogP contribution in [0.5, 0.6) is 0 Å². The van der Waals surface area contributed by atoms with Crippen LogP contribution in [0.15, 0.2) is 24.5 Å². The van der Waals surface area contributed by atoms with Gasteiger partial charge in [-0.2, -0.15) is 5.10 Å². The lowest BCUT2D eigenvalue weighted by molar-refractivity contribution is 0.102. The monoisotopic (exact) mass is 250 g/mol. The summed E-state index contributed by atoms with van der Waals surface area (Å²) in [5, 5.41) is 6.93. The summed E-state index contributed by atoms with van der Waals surface area (Å²) in [4.78, 5) is 15.9. The maximum Gasteiger partial charge on any atom is 0.278 e. The lowest BCUT2D eigenvalue weighted by atomic mass is 10.3. The molecule has 0 aromatic carbocycles. The number of pyridine rings is 1. The molecule has 0 spiro atoms. The highest BCUT2D eigenvalue weighted by atomic mass is 35.5. The summed E-state index contributed by atoms with van der Waals surface area (Å²) in [5.74, 6) is 0.116. The van der Waals surface area contributed by atoms with Crippen molar-refractivity contribution >= 4 is 23.3 Å². The van der Waals surface area contributed by atoms with Crippen LogP contribution in [0.2, 0.25) is 5.02 Å². The molecular weight excluding hydrogens is 240 g/mol. The van der Waals surface area contributed by atoms with E-state index in [2.05, 4.69) is 15.4 Å². The van der Waals surface area contributed by atoms with Gasteiger partial charge in [0.1, 0.15) is 5.82 Å². The van der Waals surface area contributed by atoms with Gasteiger partial charge in [-0.3, -0.25) is 9.48 Å². The van der Waals surface area contributed by atoms with Gasteiger partial charge in [0, 0.05) is 19.4 Å². The molecule has 0 fully saturated rings. The van der Waals surface area contributed by atoms with Crippen molar-refractivity contribution in [3.05, 3.63) is 40.8 Å². The van der Waals surface area contributed by atoms with E-state index in [0.29, 0.717) is 10.8 Å². The molecule has 17 heavy (non-hydrogen) atoms. The second-order valence-electron chi connectivity index (χ2n) is 3.67. The zero-order chi connectivity index (χ0) is 12.4. The van der Waals surface area contributed by atoms with Crippen LogP contribution >= 0.6 is 11.6 Å². The molecule has 1 N–H and O–H groups in total. The largest absolute Gasteiger partial charge is 0.305 e. The van der Waals surface area contributed by atoms with Crippen molar-refractivity contribution < 1.29 is 4.79 Å². The van der Waals surface area contributed by atoms with Gasteiger partial charge in [0.15, 0.2) is 5.69 Å². The molecule has 0 saturated heterocycles. The van der Waals surface area contributed by atoms with Gasteiger partial charge in [-0.1, -0.05) is 11.6 Å². The summed E-state index contributed by atoms with van der Waals surface area (Å²) in [6.45, 7) is 1.92. The van der Waals surface area contributed by atoms with E-state index in [0.717, 1.165) is 5.56 Å². The molecule has 2 aromatic heterocycles. The Hall–Kier alpha value is -1.88. The van der Waals surface area contributed by atoms with E-state index >= 15 is 0 Å². The minimum absolute atomic E-state index is 0.192. The van der Waals surface area contributed by atoms with Crippen LogP contribution < -0.4 is 5.32 Å². The molecular formula is C11H11ClN4O. The molecule has 2 aromatic rings. The second kappa shape index (κ2) is 4.55. The number of hydrogen-bond donors (Lipinski definition) is 1. The van der Waals surface area contributed by atoms with Gasteiger partial charge in [0.05, 0.1) is 5.02 Å². The molecule has 0 unspecified atom stereocenters. The number of nitrogens with one attached hydrogen (secondary N) is 1. The number of hydrogen-bond acceptors (Lipinski definition) is 3. The SMILES string of the molecule is Cc1ccnc(NC(=O)c2nn(C)cc2Cl)c1. The molecule has 88 valence electrons. The van der Waals surface area contributed by atoms with Crippen molar-refractivity contribution in [1.82, 2.24) is 14.8 Å². The van der Waals surface area contributed by atoms with Gasteiger partial charge in [-0.05, 0) is 24.6 Å². The normalized spacial score (nSPS) is 10.3. The van der Waals surface area contributed by atoms with Crippen molar-refractivity contribution in [3.63, 3.8) is 0 Å². The fourth-order valence-electron chi connectivity index (χ4n) is 1.39. The minimum Gasteiger partial charge on any atom is -0.305 e. The third-order valence-electron chi connectivity index (χ3n) is 2.16. The van der Waals surface area contributed by atoms with Crippen LogP contribution in [-0.4, -0.2) is 20.7 Å². The van der Waals surface area contributed by atoms with Crippen LogP contribution in [0, 0.1) is 6.92 Å². The van der Waals surface area contributed by atoms with E-state index in [1.807, 2.05) is 13.0 Å². The predicted octanol–water partition coefficient (Wildman–Crippen LogP) is 2.03. The van der Waals surface area contributed by atoms with E-state index < -0.39 is 0 Å². The van der Waals surface area contributed by atoms with Crippen molar-refractivity contribution in [2.75, 3.05) is 5.32 Å². The third kappa shape index (κ3) is 2.62. The minimum atomic E-state index is -0.367. The summed E-state index contributed by atoms with van der Waals surface area (Å²) in [6.07, 6.45) is 3.20. The average molecular weight is 251 g/mol. The Morgan fingerprint density at radius 3 is 2.88 bits per heavy atom. The van der Waals surface area contributed by atoms with Crippen LogP contribution in [0.25, 0.3) is 0 Å². The smallest absolute Gasteiger partial charge is 0.278 e. The molecule has 2 rings (SSSR count). The Kier molecular flexibility index (Phi) is 3.10. The average Bonchev–Trinajstić information content (AvgIpc) is 2.58. The standard InChI is InChI=1S/C11H11ClN4O/c1-7-3-4-13-9(5-7)14-11(17)10-8(12)6-16(2)15-10/h3-6H,1-2H3,(H,13,14,17). The van der Waals surface area contributed by atoms with Crippen molar-refractivity contribution in [1.29, 1.82) is 0 Å². The van der Waals surface area contributed by atoms with Gasteiger partial charge in [0.25, 0.3) is 5.91 Å². The molecule has 0 aliphatic carbocycles. The number of carbonyl (C=O) groups excluding carboxylic acids is 1. The fourth-order valence-corrected chi connectivity index (χ4v) is 1.66. The number of amides is 1. The lowest BCUT2D eigenvalue weighted by Gasteiger charge is -2.02. The second-order valence-corrected chi connectivity index (χ2v) is 4.08. The van der Waals surface area contributed by atoms with Crippen LogP contribution in [0.1, 0.15) is 16.1 Å². The Balaban J connectivity index is 2.20. The molecule has 0 saturated carbocycles. The molecule has 0 bridgehead atoms. The van der Waals surface area contributed by atoms with E-state index in [9.17, 15) is 4.79 Å². The maximum absolute atomic E-state index is 11.8. The van der Waals surface area contributed by atoms with Gasteiger partial charge in [0.2, 0.25) is 0 Å². The van der Waals surface area contributed by atoms with Crippen LogP contribution in [0.3, 0.4) is 0 Å². The van der Waals surface area contributed by atoms with Gasteiger partial charge in [-0.15, -0.1) is 0 Å². The highest BCUT2D eigenvalue weighted by Crippen LogP contribution is 2.15. The highest BCUT2D eigenvalue weighted by Gasteiger charge is 2.15. The molecule has 1 amide bonds. The summed E-state index contributed by atoms with van der Waals surface area (Å²) < 4.78 is 1.49. The summed E-state index contributed by atoms with van der Waals surface area (Å²) in [6, 6.07) is 3.62. The molecule has 0 aliphatic heterocycles. The van der Waals surface area contributed by atoms with E-state index in [4.69, 9.17) is 11.6 Å². The molecule has 6 heteroatoms. The number of halogens is 1. The zero-order valence-electron chi connectivity index (χ0n) is 9.44.